The van der Waals surface area contributed by atoms with E-state index < -0.39 is 6.67 Å². The lowest BCUT2D eigenvalue weighted by molar-refractivity contribution is 0.272. The highest BCUT2D eigenvalue weighted by Crippen LogP contribution is 2.18. The quantitative estimate of drug-likeness (QED) is 0.712. The van der Waals surface area contributed by atoms with Crippen LogP contribution in [0.5, 0.6) is 5.75 Å². The Morgan fingerprint density at radius 3 is 2.92 bits per heavy atom. The van der Waals surface area contributed by atoms with Gasteiger partial charge in [0.1, 0.15) is 19.0 Å². The summed E-state index contributed by atoms with van der Waals surface area (Å²) >= 11 is 0. The van der Waals surface area contributed by atoms with E-state index in [-0.39, 0.29) is 6.61 Å². The van der Waals surface area contributed by atoms with Gasteiger partial charge in [0.2, 0.25) is 0 Å². The Balaban J connectivity index is 2.85. The molecule has 0 aliphatic carbocycles. The van der Waals surface area contributed by atoms with E-state index in [0.29, 0.717) is 11.3 Å². The molecule has 13 heavy (non-hydrogen) atoms. The summed E-state index contributed by atoms with van der Waals surface area (Å²) in [6.07, 6.45) is 0. The predicted molar refractivity (Wildman–Crippen MR) is 47.4 cm³/mol. The van der Waals surface area contributed by atoms with Crippen molar-refractivity contribution in [2.75, 3.05) is 13.3 Å². The fourth-order valence-corrected chi connectivity index (χ4v) is 0.974. The summed E-state index contributed by atoms with van der Waals surface area (Å²) in [6, 6.07) is 7.10. The largest absolute Gasteiger partial charge is 0.491 e. The van der Waals surface area contributed by atoms with Gasteiger partial charge >= 0.3 is 0 Å². The summed E-state index contributed by atoms with van der Waals surface area (Å²) in [5.74, 6) is 0.580. The van der Waals surface area contributed by atoms with Crippen LogP contribution < -0.4 is 4.74 Å². The maximum absolute atomic E-state index is 11.8. The zero-order chi connectivity index (χ0) is 9.68. The van der Waals surface area contributed by atoms with Gasteiger partial charge in [0.15, 0.2) is 0 Å². The van der Waals surface area contributed by atoms with Crippen LogP contribution >= 0.6 is 0 Å². The Kier molecular flexibility index (Phi) is 3.27. The molecule has 1 aromatic rings. The highest BCUT2D eigenvalue weighted by molar-refractivity contribution is 5.41. The van der Waals surface area contributed by atoms with E-state index >= 15 is 0 Å². The normalized spacial score (nSPS) is 9.31. The monoisotopic (exact) mass is 179 g/mol. The molecule has 0 radical (unpaired) electrons. The molecule has 1 rings (SSSR count). The number of halogens is 1. The van der Waals surface area contributed by atoms with Gasteiger partial charge in [-0.05, 0) is 24.6 Å². The summed E-state index contributed by atoms with van der Waals surface area (Å²) in [6.45, 7) is 1.38. The van der Waals surface area contributed by atoms with Gasteiger partial charge < -0.3 is 4.74 Å². The van der Waals surface area contributed by atoms with Crippen molar-refractivity contribution < 1.29 is 9.13 Å². The van der Waals surface area contributed by atoms with Crippen molar-refractivity contribution in [3.05, 3.63) is 29.3 Å². The minimum atomic E-state index is -0.518. The van der Waals surface area contributed by atoms with Crippen LogP contribution in [0, 0.1) is 18.3 Å². The molecule has 0 fully saturated rings. The molecule has 0 spiro atoms. The van der Waals surface area contributed by atoms with E-state index in [4.69, 9.17) is 10.00 Å². The van der Waals surface area contributed by atoms with Crippen LogP contribution in [0.15, 0.2) is 18.2 Å². The maximum atomic E-state index is 11.8. The van der Waals surface area contributed by atoms with Crippen molar-refractivity contribution in [1.82, 2.24) is 0 Å². The number of hydrogen-bond donors (Lipinski definition) is 0. The molecule has 0 unspecified atom stereocenters. The first-order valence-corrected chi connectivity index (χ1v) is 3.97. The van der Waals surface area contributed by atoms with E-state index in [2.05, 4.69) is 0 Å². The van der Waals surface area contributed by atoms with Gasteiger partial charge in [0.25, 0.3) is 0 Å². The lowest BCUT2D eigenvalue weighted by Gasteiger charge is -2.06. The minimum absolute atomic E-state index is 0.0374. The second-order valence-corrected chi connectivity index (χ2v) is 2.63. The molecule has 0 N–H and O–H groups in total. The van der Waals surface area contributed by atoms with Crippen molar-refractivity contribution >= 4 is 0 Å². The molecule has 0 saturated carbocycles. The average molecular weight is 179 g/mol. The summed E-state index contributed by atoms with van der Waals surface area (Å²) < 4.78 is 16.9. The first kappa shape index (κ1) is 9.53. The van der Waals surface area contributed by atoms with E-state index in [1.54, 1.807) is 18.2 Å². The van der Waals surface area contributed by atoms with Gasteiger partial charge in [0, 0.05) is 0 Å². The van der Waals surface area contributed by atoms with Crippen molar-refractivity contribution in [2.45, 2.75) is 6.92 Å². The van der Waals surface area contributed by atoms with Gasteiger partial charge in [-0.1, -0.05) is 6.07 Å². The molecule has 1 aromatic carbocycles. The maximum Gasteiger partial charge on any atom is 0.123 e. The first-order chi connectivity index (χ1) is 6.27. The first-order valence-electron chi connectivity index (χ1n) is 3.97. The van der Waals surface area contributed by atoms with E-state index in [0.717, 1.165) is 5.56 Å². The topological polar surface area (TPSA) is 33.0 Å². The smallest absolute Gasteiger partial charge is 0.123 e. The number of ether oxygens (including phenoxy) is 1. The second-order valence-electron chi connectivity index (χ2n) is 2.63. The molecular formula is C10H10FNO. The average Bonchev–Trinajstić information content (AvgIpc) is 2.17. The van der Waals surface area contributed by atoms with Crippen molar-refractivity contribution in [3.63, 3.8) is 0 Å². The molecule has 2 nitrogen and oxygen atoms in total. The van der Waals surface area contributed by atoms with Gasteiger partial charge in [0.05, 0.1) is 11.6 Å². The Labute approximate surface area is 76.6 Å². The molecule has 3 heteroatoms. The highest BCUT2D eigenvalue weighted by atomic mass is 19.1. The molecule has 0 amide bonds. The van der Waals surface area contributed by atoms with Crippen LogP contribution in [0.1, 0.15) is 11.1 Å². The third-order valence-electron chi connectivity index (χ3n) is 1.65. The van der Waals surface area contributed by atoms with Crippen molar-refractivity contribution in [2.24, 2.45) is 0 Å². The summed E-state index contributed by atoms with van der Waals surface area (Å²) in [5.41, 5.74) is 1.44. The van der Waals surface area contributed by atoms with Crippen LogP contribution in [0.2, 0.25) is 0 Å². The minimum Gasteiger partial charge on any atom is -0.491 e. The lowest BCUT2D eigenvalue weighted by atomic mass is 10.1. The Hall–Kier alpha value is -1.56. The Morgan fingerprint density at radius 2 is 2.31 bits per heavy atom. The fraction of sp³-hybridized carbons (Fsp3) is 0.300. The standard InChI is InChI=1S/C10H10FNO/c1-8-2-3-9(7-12)6-10(8)13-5-4-11/h2-3,6H,4-5H2,1H3. The number of rotatable bonds is 3. The van der Waals surface area contributed by atoms with Crippen LogP contribution in [-0.2, 0) is 0 Å². The number of nitriles is 1. The van der Waals surface area contributed by atoms with Gasteiger partial charge in [-0.25, -0.2) is 4.39 Å². The molecule has 0 bridgehead atoms. The van der Waals surface area contributed by atoms with Gasteiger partial charge in [-0.15, -0.1) is 0 Å². The number of hydrogen-bond acceptors (Lipinski definition) is 2. The molecule has 0 saturated heterocycles. The third kappa shape index (κ3) is 2.45. The van der Waals surface area contributed by atoms with Crippen LogP contribution in [0.4, 0.5) is 4.39 Å². The predicted octanol–water partition coefficient (Wildman–Crippen LogP) is 2.21. The number of alkyl halides is 1. The van der Waals surface area contributed by atoms with Crippen LogP contribution in [0.3, 0.4) is 0 Å². The highest BCUT2D eigenvalue weighted by Gasteiger charge is 2.00. The summed E-state index contributed by atoms with van der Waals surface area (Å²) in [7, 11) is 0. The Morgan fingerprint density at radius 1 is 1.54 bits per heavy atom. The van der Waals surface area contributed by atoms with Crippen molar-refractivity contribution in [3.8, 4) is 11.8 Å². The van der Waals surface area contributed by atoms with Crippen LogP contribution in [-0.4, -0.2) is 13.3 Å². The van der Waals surface area contributed by atoms with Crippen LogP contribution in [0.25, 0.3) is 0 Å². The number of nitrogens with zero attached hydrogens (tertiary/aromatic N) is 1. The zero-order valence-corrected chi connectivity index (χ0v) is 7.38. The molecule has 0 aliphatic rings. The molecule has 68 valence electrons. The second kappa shape index (κ2) is 4.46. The van der Waals surface area contributed by atoms with E-state index in [1.807, 2.05) is 13.0 Å². The van der Waals surface area contributed by atoms with Crippen molar-refractivity contribution in [1.29, 1.82) is 5.26 Å². The molecule has 0 atom stereocenters. The third-order valence-corrected chi connectivity index (χ3v) is 1.65. The fourth-order valence-electron chi connectivity index (χ4n) is 0.974. The molecule has 0 heterocycles. The lowest BCUT2D eigenvalue weighted by Crippen LogP contribution is -2.00. The zero-order valence-electron chi connectivity index (χ0n) is 7.38. The molecule has 0 aromatic heterocycles. The summed E-state index contributed by atoms with van der Waals surface area (Å²) in [4.78, 5) is 0. The Bertz CT molecular complexity index is 330. The SMILES string of the molecule is Cc1ccc(C#N)cc1OCCF. The number of benzene rings is 1. The van der Waals surface area contributed by atoms with Gasteiger partial charge in [-0.3, -0.25) is 0 Å². The summed E-state index contributed by atoms with van der Waals surface area (Å²) in [5, 5.41) is 8.60. The van der Waals surface area contributed by atoms with Gasteiger partial charge in [-0.2, -0.15) is 5.26 Å². The van der Waals surface area contributed by atoms with E-state index in [1.165, 1.54) is 0 Å². The number of aryl methyl sites for hydroxylation is 1. The molecular weight excluding hydrogens is 169 g/mol. The molecule has 0 aliphatic heterocycles. The van der Waals surface area contributed by atoms with E-state index in [9.17, 15) is 4.39 Å².